The summed E-state index contributed by atoms with van der Waals surface area (Å²) in [6.07, 6.45) is 10.6. The van der Waals surface area contributed by atoms with Gasteiger partial charge in [-0.3, -0.25) is 14.5 Å². The van der Waals surface area contributed by atoms with Gasteiger partial charge in [-0.25, -0.2) is 24.6 Å². The molecule has 1 aromatic heterocycles. The van der Waals surface area contributed by atoms with Gasteiger partial charge in [0.15, 0.2) is 11.6 Å². The summed E-state index contributed by atoms with van der Waals surface area (Å²) in [5.41, 5.74) is 5.13. The summed E-state index contributed by atoms with van der Waals surface area (Å²) in [7, 11) is 1.75. The van der Waals surface area contributed by atoms with E-state index in [-0.39, 0.29) is 11.6 Å². The second-order valence-corrected chi connectivity index (χ2v) is 11.2. The van der Waals surface area contributed by atoms with Crippen molar-refractivity contribution in [1.29, 1.82) is 0 Å². The van der Waals surface area contributed by atoms with Gasteiger partial charge in [-0.05, 0) is 113 Å². The Morgan fingerprint density at radius 3 is 2.40 bits per heavy atom. The fraction of sp³-hybridized carbons (Fsp3) is 0.353. The van der Waals surface area contributed by atoms with Gasteiger partial charge in [-0.15, -0.1) is 0 Å². The zero-order valence-electron chi connectivity index (χ0n) is 26.7. The van der Waals surface area contributed by atoms with Gasteiger partial charge in [0.05, 0.1) is 11.3 Å². The van der Waals surface area contributed by atoms with Crippen LogP contribution in [0.5, 0.6) is 11.5 Å². The van der Waals surface area contributed by atoms with E-state index < -0.39 is 5.82 Å². The highest BCUT2D eigenvalue weighted by Crippen LogP contribution is 2.33. The van der Waals surface area contributed by atoms with Crippen molar-refractivity contribution in [3.05, 3.63) is 83.6 Å². The normalized spacial score (nSPS) is 16.0. The van der Waals surface area contributed by atoms with Crippen LogP contribution in [-0.4, -0.2) is 73.0 Å². The highest BCUT2D eigenvalue weighted by Gasteiger charge is 2.27. The van der Waals surface area contributed by atoms with Crippen molar-refractivity contribution in [1.82, 2.24) is 14.8 Å². The lowest BCUT2D eigenvalue weighted by Crippen LogP contribution is -2.43. The Morgan fingerprint density at radius 2 is 1.79 bits per heavy atom. The topological polar surface area (TPSA) is 128 Å². The molecule has 250 valence electrons. The number of aromatic nitrogens is 1. The molecule has 4 N–H and O–H groups in total. The van der Waals surface area contributed by atoms with E-state index in [0.717, 1.165) is 23.7 Å². The van der Waals surface area contributed by atoms with Crippen molar-refractivity contribution >= 4 is 36.1 Å². The van der Waals surface area contributed by atoms with Crippen LogP contribution >= 0.6 is 0 Å². The lowest BCUT2D eigenvalue weighted by molar-refractivity contribution is -0.107. The van der Waals surface area contributed by atoms with E-state index in [1.807, 2.05) is 0 Å². The number of amides is 1. The Labute approximate surface area is 274 Å². The molecule has 2 saturated heterocycles. The van der Waals surface area contributed by atoms with E-state index in [4.69, 9.17) is 10.6 Å². The summed E-state index contributed by atoms with van der Waals surface area (Å²) in [6, 6.07) is 12.6. The van der Waals surface area contributed by atoms with Crippen LogP contribution in [0, 0.1) is 11.6 Å². The highest BCUT2D eigenvalue weighted by atomic mass is 19.1. The number of ether oxygens (including phenoxy) is 1. The molecule has 2 aliphatic rings. The van der Waals surface area contributed by atoms with E-state index in [1.165, 1.54) is 81.4 Å². The molecule has 2 aliphatic heterocycles. The van der Waals surface area contributed by atoms with E-state index in [9.17, 15) is 18.4 Å². The van der Waals surface area contributed by atoms with Gasteiger partial charge in [-0.1, -0.05) is 0 Å². The third kappa shape index (κ3) is 10.1. The second kappa shape index (κ2) is 17.8. The van der Waals surface area contributed by atoms with E-state index in [2.05, 4.69) is 30.6 Å². The van der Waals surface area contributed by atoms with Gasteiger partial charge in [0.25, 0.3) is 0 Å². The molecule has 3 aromatic rings. The minimum Gasteiger partial charge on any atom is -0.454 e. The molecule has 0 spiro atoms. The Hall–Kier alpha value is -4.72. The molecule has 13 heteroatoms. The van der Waals surface area contributed by atoms with Crippen molar-refractivity contribution in [3.8, 4) is 11.5 Å². The third-order valence-electron chi connectivity index (χ3n) is 8.09. The summed E-state index contributed by atoms with van der Waals surface area (Å²) >= 11 is 0. The smallest absolute Gasteiger partial charge is 0.234 e. The summed E-state index contributed by atoms with van der Waals surface area (Å²) in [5.74, 6) is 6.21. The SMILES string of the molecule is C/C(C=O)=C\C=N/N(C=O)c1ccc(F)cc1.CNc1ccc(Oc2ccnc(NN)c2CN2CCC(N3CCCC3)CC2)c(F)c1. The Balaban J connectivity index is 0.000000251. The van der Waals surface area contributed by atoms with Gasteiger partial charge < -0.3 is 20.4 Å². The number of pyridine rings is 1. The fourth-order valence-electron chi connectivity index (χ4n) is 5.49. The first-order valence-corrected chi connectivity index (χ1v) is 15.6. The van der Waals surface area contributed by atoms with E-state index >= 15 is 0 Å². The minimum absolute atomic E-state index is 0.178. The van der Waals surface area contributed by atoms with Crippen molar-refractivity contribution in [3.63, 3.8) is 0 Å². The van der Waals surface area contributed by atoms with Crippen LogP contribution < -0.4 is 26.3 Å². The number of hydrogen-bond acceptors (Lipinski definition) is 10. The zero-order valence-corrected chi connectivity index (χ0v) is 26.7. The molecule has 2 aromatic carbocycles. The Bertz CT molecular complexity index is 1520. The van der Waals surface area contributed by atoms with Crippen LogP contribution in [0.25, 0.3) is 0 Å². The molecular weight excluding hydrogens is 606 g/mol. The highest BCUT2D eigenvalue weighted by molar-refractivity contribution is 5.85. The zero-order chi connectivity index (χ0) is 33.6. The number of hydrogen-bond donors (Lipinski definition) is 3. The Kier molecular flexibility index (Phi) is 13.3. The van der Waals surface area contributed by atoms with Gasteiger partial charge in [0.2, 0.25) is 6.41 Å². The number of nitrogens with one attached hydrogen (secondary N) is 2. The van der Waals surface area contributed by atoms with Crippen molar-refractivity contribution in [2.75, 3.05) is 49.0 Å². The number of piperidine rings is 1. The summed E-state index contributed by atoms with van der Waals surface area (Å²) < 4.78 is 33.1. The minimum atomic E-state index is -0.418. The molecule has 0 atom stereocenters. The molecule has 0 aliphatic carbocycles. The van der Waals surface area contributed by atoms with Crippen LogP contribution in [0.15, 0.2) is 71.5 Å². The monoisotopic (exact) mass is 648 g/mol. The molecule has 0 saturated carbocycles. The predicted octanol–water partition coefficient (Wildman–Crippen LogP) is 5.32. The molecule has 0 radical (unpaired) electrons. The predicted molar refractivity (Wildman–Crippen MR) is 180 cm³/mol. The number of nitrogen functional groups attached to an aromatic ring is 1. The van der Waals surface area contributed by atoms with Gasteiger partial charge in [0, 0.05) is 43.8 Å². The van der Waals surface area contributed by atoms with E-state index in [0.29, 0.717) is 53.8 Å². The molecule has 11 nitrogen and oxygen atoms in total. The Morgan fingerprint density at radius 1 is 1.06 bits per heavy atom. The van der Waals surface area contributed by atoms with E-state index in [1.54, 1.807) is 38.4 Å². The molecule has 1 amide bonds. The number of rotatable bonds is 12. The number of nitrogens with two attached hydrogens (primary N) is 1. The fourth-order valence-corrected chi connectivity index (χ4v) is 5.49. The first-order valence-electron chi connectivity index (χ1n) is 15.6. The van der Waals surface area contributed by atoms with Crippen LogP contribution in [0.2, 0.25) is 0 Å². The molecular formula is C34H42F2N8O3. The largest absolute Gasteiger partial charge is 0.454 e. The number of carbonyl (C=O) groups excluding carboxylic acids is 2. The summed E-state index contributed by atoms with van der Waals surface area (Å²) in [6.45, 7) is 6.79. The number of hydrazone groups is 1. The number of benzene rings is 2. The van der Waals surface area contributed by atoms with Crippen molar-refractivity contribution < 1.29 is 23.1 Å². The first-order chi connectivity index (χ1) is 22.8. The van der Waals surface area contributed by atoms with Crippen LogP contribution in [-0.2, 0) is 16.1 Å². The van der Waals surface area contributed by atoms with Crippen molar-refractivity contribution in [2.24, 2.45) is 10.9 Å². The average molecular weight is 649 g/mol. The second-order valence-electron chi connectivity index (χ2n) is 11.2. The number of likely N-dealkylation sites (tertiary alicyclic amines) is 2. The standard InChI is InChI=1S/C22H31FN6O.C12H11FN2O2/c1-25-16-4-5-21(19(23)14-16)30-20-6-9-26-22(27-24)18(20)15-28-12-7-17(8-13-28)29-10-2-3-11-29;1-10(8-16)6-7-14-15(9-17)12-4-2-11(13)3-5-12/h4-6,9,14,17,25H,2-3,7-8,10-13,15,24H2,1H3,(H,26,27);2-9H,1H3/b;10-6+,14-7-. The molecule has 0 bridgehead atoms. The number of nitrogens with zero attached hydrogens (tertiary/aromatic N) is 5. The number of allylic oxidation sites excluding steroid dienone is 2. The number of aldehydes is 1. The maximum atomic E-state index is 14.5. The van der Waals surface area contributed by atoms with Gasteiger partial charge >= 0.3 is 0 Å². The quantitative estimate of drug-likeness (QED) is 0.0786. The molecule has 2 fully saturated rings. The number of carbonyl (C=O) groups is 2. The first kappa shape index (κ1) is 35.1. The average Bonchev–Trinajstić information content (AvgIpc) is 3.64. The van der Waals surface area contributed by atoms with Gasteiger partial charge in [-0.2, -0.15) is 5.10 Å². The summed E-state index contributed by atoms with van der Waals surface area (Å²) in [5, 5.41) is 7.77. The molecule has 0 unspecified atom stereocenters. The molecule has 5 rings (SSSR count). The molecule has 47 heavy (non-hydrogen) atoms. The van der Waals surface area contributed by atoms with Gasteiger partial charge in [0.1, 0.15) is 23.7 Å². The van der Waals surface area contributed by atoms with Crippen LogP contribution in [0.1, 0.15) is 38.2 Å². The number of anilines is 3. The number of halogens is 2. The third-order valence-corrected chi connectivity index (χ3v) is 8.09. The van der Waals surface area contributed by atoms with Crippen LogP contribution in [0.4, 0.5) is 26.0 Å². The lowest BCUT2D eigenvalue weighted by Gasteiger charge is -2.37. The molecule has 3 heterocycles. The maximum absolute atomic E-state index is 14.5. The maximum Gasteiger partial charge on any atom is 0.234 e. The van der Waals surface area contributed by atoms with Crippen LogP contribution in [0.3, 0.4) is 0 Å². The van der Waals surface area contributed by atoms with Crippen molar-refractivity contribution in [2.45, 2.75) is 45.2 Å². The summed E-state index contributed by atoms with van der Waals surface area (Å²) in [4.78, 5) is 30.4. The lowest BCUT2D eigenvalue weighted by atomic mass is 10.0. The number of hydrazine groups is 1.